The SMILES string of the molecule is Cc1ccc(NC(=O)OC2CC(C)CC(C)C2)cc1. The van der Waals surface area contributed by atoms with Gasteiger partial charge in [-0.3, -0.25) is 5.32 Å². The molecule has 1 aromatic rings. The van der Waals surface area contributed by atoms with Gasteiger partial charge in [-0.1, -0.05) is 31.5 Å². The predicted molar refractivity (Wildman–Crippen MR) is 77.2 cm³/mol. The van der Waals surface area contributed by atoms with E-state index in [2.05, 4.69) is 19.2 Å². The monoisotopic (exact) mass is 261 g/mol. The zero-order chi connectivity index (χ0) is 13.8. The number of ether oxygens (including phenoxy) is 1. The van der Waals surface area contributed by atoms with E-state index in [0.717, 1.165) is 18.5 Å². The highest BCUT2D eigenvalue weighted by Crippen LogP contribution is 2.30. The maximum atomic E-state index is 11.8. The summed E-state index contributed by atoms with van der Waals surface area (Å²) in [6.07, 6.45) is 2.91. The maximum absolute atomic E-state index is 11.8. The molecular formula is C16H23NO2. The quantitative estimate of drug-likeness (QED) is 0.858. The maximum Gasteiger partial charge on any atom is 0.411 e. The van der Waals surface area contributed by atoms with Crippen LogP contribution in [0.2, 0.25) is 0 Å². The second kappa shape index (κ2) is 6.09. The Kier molecular flexibility index (Phi) is 4.46. The first-order chi connectivity index (χ1) is 9.02. The number of carbonyl (C=O) groups is 1. The number of benzene rings is 1. The largest absolute Gasteiger partial charge is 0.446 e. The van der Waals surface area contributed by atoms with Crippen molar-refractivity contribution in [3.8, 4) is 0 Å². The molecule has 0 bridgehead atoms. The highest BCUT2D eigenvalue weighted by Gasteiger charge is 2.26. The number of aryl methyl sites for hydroxylation is 1. The summed E-state index contributed by atoms with van der Waals surface area (Å²) in [7, 11) is 0. The number of hydrogen-bond acceptors (Lipinski definition) is 2. The van der Waals surface area contributed by atoms with Crippen molar-refractivity contribution in [3.63, 3.8) is 0 Å². The van der Waals surface area contributed by atoms with Crippen LogP contribution in [-0.4, -0.2) is 12.2 Å². The van der Waals surface area contributed by atoms with Gasteiger partial charge in [0.15, 0.2) is 0 Å². The number of amides is 1. The summed E-state index contributed by atoms with van der Waals surface area (Å²) in [4.78, 5) is 11.8. The van der Waals surface area contributed by atoms with Crippen LogP contribution in [0.15, 0.2) is 24.3 Å². The minimum Gasteiger partial charge on any atom is -0.446 e. The van der Waals surface area contributed by atoms with Crippen molar-refractivity contribution < 1.29 is 9.53 Å². The van der Waals surface area contributed by atoms with Crippen LogP contribution in [0.25, 0.3) is 0 Å². The highest BCUT2D eigenvalue weighted by molar-refractivity contribution is 5.84. The predicted octanol–water partition coefficient (Wildman–Crippen LogP) is 4.37. The van der Waals surface area contributed by atoms with Crippen LogP contribution in [0.5, 0.6) is 0 Å². The molecule has 0 aliphatic heterocycles. The van der Waals surface area contributed by atoms with Crippen molar-refractivity contribution >= 4 is 11.8 Å². The molecule has 3 heteroatoms. The Morgan fingerprint density at radius 1 is 1.11 bits per heavy atom. The lowest BCUT2D eigenvalue weighted by Crippen LogP contribution is -2.30. The Morgan fingerprint density at radius 2 is 1.68 bits per heavy atom. The van der Waals surface area contributed by atoms with Crippen LogP contribution >= 0.6 is 0 Å². The first-order valence-corrected chi connectivity index (χ1v) is 7.07. The second-order valence-electron chi connectivity index (χ2n) is 5.94. The average Bonchev–Trinajstić information content (AvgIpc) is 2.30. The lowest BCUT2D eigenvalue weighted by atomic mass is 9.82. The molecular weight excluding hydrogens is 238 g/mol. The topological polar surface area (TPSA) is 38.3 Å². The van der Waals surface area contributed by atoms with Gasteiger partial charge in [-0.2, -0.15) is 0 Å². The summed E-state index contributed by atoms with van der Waals surface area (Å²) in [5, 5.41) is 2.78. The number of rotatable bonds is 2. The van der Waals surface area contributed by atoms with E-state index in [0.29, 0.717) is 11.8 Å². The summed E-state index contributed by atoms with van der Waals surface area (Å²) < 4.78 is 5.52. The minimum absolute atomic E-state index is 0.0594. The van der Waals surface area contributed by atoms with Crippen LogP contribution in [0.4, 0.5) is 10.5 Å². The molecule has 2 atom stereocenters. The molecule has 3 nitrogen and oxygen atoms in total. The van der Waals surface area contributed by atoms with E-state index in [1.165, 1.54) is 12.0 Å². The third kappa shape index (κ3) is 4.27. The van der Waals surface area contributed by atoms with Crippen LogP contribution in [-0.2, 0) is 4.74 Å². The standard InChI is InChI=1S/C16H23NO2/c1-11-4-6-14(7-5-11)17-16(18)19-15-9-12(2)8-13(3)10-15/h4-7,12-13,15H,8-10H2,1-3H3,(H,17,18). The van der Waals surface area contributed by atoms with E-state index in [4.69, 9.17) is 4.74 Å². The number of hydrogen-bond donors (Lipinski definition) is 1. The molecule has 0 spiro atoms. The molecule has 1 amide bonds. The van der Waals surface area contributed by atoms with Gasteiger partial charge in [-0.15, -0.1) is 0 Å². The summed E-state index contributed by atoms with van der Waals surface area (Å²) >= 11 is 0. The van der Waals surface area contributed by atoms with Gasteiger partial charge in [-0.25, -0.2) is 4.79 Å². The van der Waals surface area contributed by atoms with Gasteiger partial charge in [0.2, 0.25) is 0 Å². The molecule has 1 aliphatic rings. The normalized spacial score (nSPS) is 26.8. The summed E-state index contributed by atoms with van der Waals surface area (Å²) in [5.74, 6) is 1.28. The second-order valence-corrected chi connectivity index (χ2v) is 5.94. The molecule has 1 saturated carbocycles. The molecule has 0 radical (unpaired) electrons. The lowest BCUT2D eigenvalue weighted by molar-refractivity contribution is 0.0553. The van der Waals surface area contributed by atoms with Gasteiger partial charge in [-0.05, 0) is 50.2 Å². The van der Waals surface area contributed by atoms with Gasteiger partial charge < -0.3 is 4.74 Å². The fourth-order valence-electron chi connectivity index (χ4n) is 2.90. The molecule has 1 N–H and O–H groups in total. The Labute approximate surface area is 115 Å². The van der Waals surface area contributed by atoms with E-state index in [9.17, 15) is 4.79 Å². The van der Waals surface area contributed by atoms with Crippen molar-refractivity contribution in [3.05, 3.63) is 29.8 Å². The summed E-state index contributed by atoms with van der Waals surface area (Å²) in [6, 6.07) is 7.73. The number of carbonyl (C=O) groups excluding carboxylic acids is 1. The van der Waals surface area contributed by atoms with Gasteiger partial charge in [0.05, 0.1) is 0 Å². The molecule has 2 rings (SSSR count). The lowest BCUT2D eigenvalue weighted by Gasteiger charge is -2.30. The van der Waals surface area contributed by atoms with Crippen LogP contribution < -0.4 is 5.32 Å². The Balaban J connectivity index is 1.85. The van der Waals surface area contributed by atoms with Gasteiger partial charge >= 0.3 is 6.09 Å². The van der Waals surface area contributed by atoms with Crippen molar-refractivity contribution in [2.75, 3.05) is 5.32 Å². The van der Waals surface area contributed by atoms with E-state index in [1.807, 2.05) is 31.2 Å². The molecule has 104 valence electrons. The summed E-state index contributed by atoms with van der Waals surface area (Å²) in [5.41, 5.74) is 1.96. The average molecular weight is 261 g/mol. The van der Waals surface area contributed by atoms with E-state index >= 15 is 0 Å². The van der Waals surface area contributed by atoms with Crippen molar-refractivity contribution in [2.45, 2.75) is 46.1 Å². The van der Waals surface area contributed by atoms with Crippen molar-refractivity contribution in [2.24, 2.45) is 11.8 Å². The van der Waals surface area contributed by atoms with Crippen LogP contribution in [0, 0.1) is 18.8 Å². The Bertz CT molecular complexity index is 417. The third-order valence-electron chi connectivity index (χ3n) is 3.71. The first-order valence-electron chi connectivity index (χ1n) is 7.07. The Hall–Kier alpha value is -1.51. The minimum atomic E-state index is -0.338. The summed E-state index contributed by atoms with van der Waals surface area (Å²) in [6.45, 7) is 6.47. The van der Waals surface area contributed by atoms with Gasteiger partial charge in [0.1, 0.15) is 6.10 Å². The molecule has 0 aromatic heterocycles. The smallest absolute Gasteiger partial charge is 0.411 e. The molecule has 1 fully saturated rings. The molecule has 0 heterocycles. The molecule has 1 aliphatic carbocycles. The van der Waals surface area contributed by atoms with Crippen molar-refractivity contribution in [1.82, 2.24) is 0 Å². The zero-order valence-electron chi connectivity index (χ0n) is 12.0. The number of nitrogens with one attached hydrogen (secondary N) is 1. The van der Waals surface area contributed by atoms with Gasteiger partial charge in [0.25, 0.3) is 0 Å². The molecule has 0 saturated heterocycles. The van der Waals surface area contributed by atoms with E-state index in [-0.39, 0.29) is 12.2 Å². The molecule has 19 heavy (non-hydrogen) atoms. The third-order valence-corrected chi connectivity index (χ3v) is 3.71. The van der Waals surface area contributed by atoms with Crippen molar-refractivity contribution in [1.29, 1.82) is 0 Å². The first kappa shape index (κ1) is 13.9. The fourth-order valence-corrected chi connectivity index (χ4v) is 2.90. The highest BCUT2D eigenvalue weighted by atomic mass is 16.6. The Morgan fingerprint density at radius 3 is 2.26 bits per heavy atom. The van der Waals surface area contributed by atoms with E-state index < -0.39 is 0 Å². The van der Waals surface area contributed by atoms with Crippen LogP contribution in [0.3, 0.4) is 0 Å². The van der Waals surface area contributed by atoms with E-state index in [1.54, 1.807) is 0 Å². The number of anilines is 1. The zero-order valence-corrected chi connectivity index (χ0v) is 12.0. The fraction of sp³-hybridized carbons (Fsp3) is 0.562. The van der Waals surface area contributed by atoms with Crippen LogP contribution in [0.1, 0.15) is 38.7 Å². The molecule has 1 aromatic carbocycles. The molecule has 2 unspecified atom stereocenters. The van der Waals surface area contributed by atoms with Gasteiger partial charge in [0, 0.05) is 5.69 Å².